The lowest BCUT2D eigenvalue weighted by molar-refractivity contribution is -0.870. The summed E-state index contributed by atoms with van der Waals surface area (Å²) < 4.78 is 22.7. The maximum absolute atomic E-state index is 12.8. The second-order valence-electron chi connectivity index (χ2n) is 17.4. The zero-order valence-electron chi connectivity index (χ0n) is 40.7. The van der Waals surface area contributed by atoms with Gasteiger partial charge in [-0.3, -0.25) is 9.59 Å². The van der Waals surface area contributed by atoms with Crippen molar-refractivity contribution in [3.63, 3.8) is 0 Å². The largest absolute Gasteiger partial charge is 0.477 e. The van der Waals surface area contributed by atoms with Crippen molar-refractivity contribution in [2.45, 2.75) is 193 Å². The molecule has 0 aromatic rings. The Morgan fingerprint density at radius 1 is 0.492 bits per heavy atom. The van der Waals surface area contributed by atoms with E-state index in [2.05, 4.69) is 98.9 Å². The number of carbonyl (C=O) groups is 3. The zero-order chi connectivity index (χ0) is 46.3. The summed E-state index contributed by atoms with van der Waals surface area (Å²) in [5.74, 6) is -2.10. The SMILES string of the molecule is CC/C=C\C/C=C\C/C=C\C/C=C\C/C=C\CCCC(=O)OC(COC(=O)CCCCCCCCCCC/C=C\C/C=C\CCCCCCC)COC(OCC[N+](C)(C)C)C(=O)O. The quantitative estimate of drug-likeness (QED) is 0.0212. The maximum Gasteiger partial charge on any atom is 0.361 e. The third-order valence-electron chi connectivity index (χ3n) is 10.1. The molecule has 9 nitrogen and oxygen atoms in total. The van der Waals surface area contributed by atoms with Crippen LogP contribution in [-0.2, 0) is 33.3 Å². The van der Waals surface area contributed by atoms with E-state index in [1.54, 1.807) is 0 Å². The number of hydrogen-bond acceptors (Lipinski definition) is 7. The van der Waals surface area contributed by atoms with Crippen LogP contribution in [0.1, 0.15) is 181 Å². The minimum absolute atomic E-state index is 0.172. The van der Waals surface area contributed by atoms with Gasteiger partial charge in [0.15, 0.2) is 6.10 Å². The van der Waals surface area contributed by atoms with E-state index in [1.165, 1.54) is 70.6 Å². The Labute approximate surface area is 385 Å². The Bertz CT molecular complexity index is 1300. The van der Waals surface area contributed by atoms with E-state index in [9.17, 15) is 19.5 Å². The number of esters is 2. The summed E-state index contributed by atoms with van der Waals surface area (Å²) in [5.41, 5.74) is 0. The molecule has 0 aliphatic heterocycles. The number of allylic oxidation sites excluding steroid dienone is 14. The van der Waals surface area contributed by atoms with Crippen molar-refractivity contribution in [3.05, 3.63) is 85.1 Å². The van der Waals surface area contributed by atoms with Gasteiger partial charge in [-0.2, -0.15) is 0 Å². The van der Waals surface area contributed by atoms with Crippen molar-refractivity contribution >= 4 is 17.9 Å². The van der Waals surface area contributed by atoms with Gasteiger partial charge in [-0.25, -0.2) is 4.79 Å². The van der Waals surface area contributed by atoms with E-state index in [0.717, 1.165) is 77.0 Å². The second-order valence-corrected chi connectivity index (χ2v) is 17.4. The Kier molecular flexibility index (Phi) is 42.5. The summed E-state index contributed by atoms with van der Waals surface area (Å²) in [4.78, 5) is 37.2. The first-order valence-corrected chi connectivity index (χ1v) is 24.8. The van der Waals surface area contributed by atoms with E-state index >= 15 is 0 Å². The summed E-state index contributed by atoms with van der Waals surface area (Å²) in [5, 5.41) is 9.66. The van der Waals surface area contributed by atoms with Crippen LogP contribution in [0.25, 0.3) is 0 Å². The molecular formula is C54H92NO8+. The topological polar surface area (TPSA) is 108 Å². The molecule has 0 bridgehead atoms. The number of quaternary nitrogens is 1. The molecule has 0 aromatic carbocycles. The Balaban J connectivity index is 4.45. The number of carboxylic acid groups (broad SMARTS) is 1. The van der Waals surface area contributed by atoms with Crippen LogP contribution in [0, 0.1) is 0 Å². The Hall–Kier alpha value is -3.53. The molecule has 9 heteroatoms. The molecule has 0 saturated carbocycles. The van der Waals surface area contributed by atoms with E-state index in [1.807, 2.05) is 21.1 Å². The van der Waals surface area contributed by atoms with Gasteiger partial charge in [0.05, 0.1) is 34.4 Å². The number of nitrogens with zero attached hydrogens (tertiary/aromatic N) is 1. The standard InChI is InChI=1S/C54H91NO8/c1-6-8-10-12-14-16-18-20-22-24-25-26-27-29-30-32-34-36-38-40-42-44-51(56)61-48-50(49-62-54(53(58)59)60-47-46-55(3,4)5)63-52(57)45-43-41-39-37-35-33-31-28-23-21-19-17-15-13-11-9-7-2/h9,11,15,17-18,20-21,23-25,31,33,37,39,50,54H,6-8,10,12-14,16,19,22,26-30,32,34-36,38,40-49H2,1-5H3/p+1/b11-9-,17-15-,20-18-,23-21-,25-24-,33-31-,39-37-. The summed E-state index contributed by atoms with van der Waals surface area (Å²) in [7, 11) is 5.93. The highest BCUT2D eigenvalue weighted by atomic mass is 16.7. The molecular weight excluding hydrogens is 791 g/mol. The van der Waals surface area contributed by atoms with Crippen LogP contribution in [0.3, 0.4) is 0 Å². The van der Waals surface area contributed by atoms with Crippen LogP contribution in [0.15, 0.2) is 85.1 Å². The highest BCUT2D eigenvalue weighted by molar-refractivity contribution is 5.71. The molecule has 0 saturated heterocycles. The monoisotopic (exact) mass is 883 g/mol. The van der Waals surface area contributed by atoms with Crippen molar-refractivity contribution in [1.82, 2.24) is 0 Å². The average molecular weight is 883 g/mol. The van der Waals surface area contributed by atoms with Gasteiger partial charge in [0.2, 0.25) is 0 Å². The number of carbonyl (C=O) groups excluding carboxylic acids is 2. The van der Waals surface area contributed by atoms with E-state index in [4.69, 9.17) is 18.9 Å². The maximum atomic E-state index is 12.8. The number of hydrogen-bond donors (Lipinski definition) is 1. The predicted molar refractivity (Wildman–Crippen MR) is 262 cm³/mol. The van der Waals surface area contributed by atoms with Crippen LogP contribution in [0.4, 0.5) is 0 Å². The first-order valence-electron chi connectivity index (χ1n) is 24.8. The molecule has 360 valence electrons. The molecule has 0 rings (SSSR count). The smallest absolute Gasteiger partial charge is 0.361 e. The van der Waals surface area contributed by atoms with Gasteiger partial charge < -0.3 is 28.5 Å². The molecule has 0 fully saturated rings. The minimum atomic E-state index is -1.53. The van der Waals surface area contributed by atoms with E-state index in [0.29, 0.717) is 17.4 Å². The molecule has 2 atom stereocenters. The number of likely N-dealkylation sites (N-methyl/N-ethyl adjacent to an activating group) is 1. The number of rotatable bonds is 44. The number of ether oxygens (including phenoxy) is 4. The summed E-state index contributed by atoms with van der Waals surface area (Å²) in [6.07, 6.45) is 55.1. The highest BCUT2D eigenvalue weighted by Gasteiger charge is 2.25. The van der Waals surface area contributed by atoms with Gasteiger partial charge in [-0.15, -0.1) is 0 Å². The lowest BCUT2D eigenvalue weighted by Gasteiger charge is -2.25. The Morgan fingerprint density at radius 3 is 1.40 bits per heavy atom. The van der Waals surface area contributed by atoms with Crippen molar-refractivity contribution in [3.8, 4) is 0 Å². The molecule has 0 aliphatic rings. The van der Waals surface area contributed by atoms with Crippen molar-refractivity contribution < 1.29 is 42.9 Å². The molecule has 2 unspecified atom stereocenters. The van der Waals surface area contributed by atoms with Crippen LogP contribution in [0.5, 0.6) is 0 Å². The summed E-state index contributed by atoms with van der Waals surface area (Å²) in [6.45, 7) is 4.66. The van der Waals surface area contributed by atoms with Crippen LogP contribution in [-0.4, -0.2) is 87.4 Å². The van der Waals surface area contributed by atoms with Crippen molar-refractivity contribution in [2.24, 2.45) is 0 Å². The second kappa shape index (κ2) is 45.1. The zero-order valence-corrected chi connectivity index (χ0v) is 40.7. The summed E-state index contributed by atoms with van der Waals surface area (Å²) in [6, 6.07) is 0. The van der Waals surface area contributed by atoms with Gasteiger partial charge in [-0.05, 0) is 83.5 Å². The number of unbranched alkanes of at least 4 members (excludes halogenated alkanes) is 15. The first-order chi connectivity index (χ1) is 30.6. The first kappa shape index (κ1) is 59.5. The number of aliphatic carboxylic acids is 1. The minimum Gasteiger partial charge on any atom is -0.477 e. The molecule has 63 heavy (non-hydrogen) atoms. The Morgan fingerprint density at radius 2 is 0.921 bits per heavy atom. The molecule has 1 N–H and O–H groups in total. The van der Waals surface area contributed by atoms with E-state index < -0.39 is 24.3 Å². The average Bonchev–Trinajstić information content (AvgIpc) is 3.24. The fraction of sp³-hybridized carbons (Fsp3) is 0.685. The molecule has 0 heterocycles. The van der Waals surface area contributed by atoms with E-state index in [-0.39, 0.29) is 38.6 Å². The molecule has 0 aromatic heterocycles. The van der Waals surface area contributed by atoms with Gasteiger partial charge in [0.1, 0.15) is 13.2 Å². The third-order valence-corrected chi connectivity index (χ3v) is 10.1. The van der Waals surface area contributed by atoms with Crippen LogP contribution < -0.4 is 0 Å². The normalized spacial score (nSPS) is 13.6. The fourth-order valence-electron chi connectivity index (χ4n) is 6.31. The highest BCUT2D eigenvalue weighted by Crippen LogP contribution is 2.13. The van der Waals surface area contributed by atoms with Crippen LogP contribution in [0.2, 0.25) is 0 Å². The van der Waals surface area contributed by atoms with Crippen molar-refractivity contribution in [1.29, 1.82) is 0 Å². The predicted octanol–water partition coefficient (Wildman–Crippen LogP) is 13.7. The molecule has 0 amide bonds. The lowest BCUT2D eigenvalue weighted by Crippen LogP contribution is -2.40. The molecule has 0 radical (unpaired) electrons. The fourth-order valence-corrected chi connectivity index (χ4v) is 6.31. The number of carboxylic acids is 1. The lowest BCUT2D eigenvalue weighted by atomic mass is 10.1. The molecule has 0 spiro atoms. The van der Waals surface area contributed by atoms with Crippen LogP contribution >= 0.6 is 0 Å². The van der Waals surface area contributed by atoms with Gasteiger partial charge in [0.25, 0.3) is 6.29 Å². The van der Waals surface area contributed by atoms with Gasteiger partial charge in [0, 0.05) is 12.8 Å². The van der Waals surface area contributed by atoms with Gasteiger partial charge >= 0.3 is 17.9 Å². The van der Waals surface area contributed by atoms with Gasteiger partial charge in [-0.1, -0.05) is 170 Å². The third kappa shape index (κ3) is 46.3. The molecule has 0 aliphatic carbocycles. The van der Waals surface area contributed by atoms with Crippen molar-refractivity contribution in [2.75, 3.05) is 47.5 Å². The summed E-state index contributed by atoms with van der Waals surface area (Å²) >= 11 is 0.